The average molecular weight is 302 g/mol. The van der Waals surface area contributed by atoms with Crippen LogP contribution in [0.5, 0.6) is 0 Å². The number of allylic oxidation sites excluding steroid dienone is 1. The first-order chi connectivity index (χ1) is 10.5. The van der Waals surface area contributed by atoms with Crippen molar-refractivity contribution in [2.75, 3.05) is 5.32 Å². The number of nitrogens with zero attached hydrogens (tertiary/aromatic N) is 6. The molecule has 0 bridgehead atoms. The summed E-state index contributed by atoms with van der Waals surface area (Å²) in [6.07, 6.45) is 1.14. The fourth-order valence-electron chi connectivity index (χ4n) is 1.48. The van der Waals surface area contributed by atoms with Crippen LogP contribution in [0.1, 0.15) is 5.82 Å². The van der Waals surface area contributed by atoms with E-state index in [2.05, 4.69) is 25.9 Å². The summed E-state index contributed by atoms with van der Waals surface area (Å²) in [5.74, 6) is -0.000403. The fourth-order valence-corrected chi connectivity index (χ4v) is 1.48. The lowest BCUT2D eigenvalue weighted by Gasteiger charge is -2.02. The van der Waals surface area contributed by atoms with Crippen LogP contribution in [0.3, 0.4) is 0 Å². The van der Waals surface area contributed by atoms with Gasteiger partial charge in [0, 0.05) is 12.3 Å². The topological polar surface area (TPSA) is 177 Å². The van der Waals surface area contributed by atoms with Crippen LogP contribution < -0.4 is 5.32 Å². The van der Waals surface area contributed by atoms with E-state index in [4.69, 9.17) is 5.26 Å². The Hall–Kier alpha value is -3.88. The Labute approximate surface area is 121 Å². The number of hydrogen-bond donors (Lipinski definition) is 2. The Bertz CT molecular complexity index is 792. The number of aromatic amines is 1. The lowest BCUT2D eigenvalue weighted by molar-refractivity contribution is -0.393. The number of nitro groups is 2. The van der Waals surface area contributed by atoms with Crippen LogP contribution in [-0.2, 0) is 0 Å². The van der Waals surface area contributed by atoms with E-state index in [1.165, 1.54) is 0 Å². The van der Waals surface area contributed by atoms with Gasteiger partial charge in [-0.15, -0.1) is 10.2 Å². The van der Waals surface area contributed by atoms with Gasteiger partial charge in [-0.25, -0.2) is 0 Å². The molecular weight excluding hydrogens is 296 g/mol. The molecule has 0 aliphatic heterocycles. The summed E-state index contributed by atoms with van der Waals surface area (Å²) in [6, 6.07) is 4.87. The van der Waals surface area contributed by atoms with E-state index in [1.54, 1.807) is 6.07 Å². The molecule has 2 aromatic rings. The summed E-state index contributed by atoms with van der Waals surface area (Å²) in [5.41, 5.74) is -0.969. The molecule has 2 N–H and O–H groups in total. The van der Waals surface area contributed by atoms with Crippen LogP contribution in [-0.4, -0.2) is 30.5 Å². The Morgan fingerprint density at radius 3 is 2.68 bits per heavy atom. The molecule has 110 valence electrons. The number of benzene rings is 1. The zero-order chi connectivity index (χ0) is 16.1. The normalized spacial score (nSPS) is 10.8. The third kappa shape index (κ3) is 2.99. The monoisotopic (exact) mass is 302 g/mol. The van der Waals surface area contributed by atoms with Gasteiger partial charge in [0.1, 0.15) is 17.3 Å². The Morgan fingerprint density at radius 1 is 1.36 bits per heavy atom. The Balaban J connectivity index is 2.35. The Kier molecular flexibility index (Phi) is 3.99. The summed E-state index contributed by atoms with van der Waals surface area (Å²) in [5, 5.41) is 45.7. The second-order valence-corrected chi connectivity index (χ2v) is 3.77. The van der Waals surface area contributed by atoms with Crippen LogP contribution in [0.4, 0.5) is 17.1 Å². The molecule has 0 atom stereocenters. The number of aromatic nitrogens is 4. The van der Waals surface area contributed by atoms with E-state index in [9.17, 15) is 20.2 Å². The summed E-state index contributed by atoms with van der Waals surface area (Å²) in [4.78, 5) is 20.1. The van der Waals surface area contributed by atoms with E-state index in [0.29, 0.717) is 0 Å². The first kappa shape index (κ1) is 14.5. The van der Waals surface area contributed by atoms with Crippen LogP contribution in [0.25, 0.3) is 5.57 Å². The maximum atomic E-state index is 11.0. The fraction of sp³-hybridized carbons (Fsp3) is 0. The lowest BCUT2D eigenvalue weighted by atomic mass is 10.2. The number of nitrogens with one attached hydrogen (secondary N) is 2. The zero-order valence-corrected chi connectivity index (χ0v) is 10.6. The van der Waals surface area contributed by atoms with Crippen molar-refractivity contribution < 1.29 is 9.85 Å². The van der Waals surface area contributed by atoms with Gasteiger partial charge in [-0.1, -0.05) is 0 Å². The van der Waals surface area contributed by atoms with Crippen molar-refractivity contribution in [3.05, 3.63) is 50.5 Å². The summed E-state index contributed by atoms with van der Waals surface area (Å²) in [6.45, 7) is 0. The minimum Gasteiger partial charge on any atom is -0.355 e. The van der Waals surface area contributed by atoms with Crippen molar-refractivity contribution in [1.82, 2.24) is 20.6 Å². The van der Waals surface area contributed by atoms with Gasteiger partial charge in [0.25, 0.3) is 11.4 Å². The highest BCUT2D eigenvalue weighted by Gasteiger charge is 2.19. The number of nitro benzene ring substituents is 2. The predicted octanol–water partition coefficient (Wildman–Crippen LogP) is 0.993. The summed E-state index contributed by atoms with van der Waals surface area (Å²) in [7, 11) is 0. The van der Waals surface area contributed by atoms with Gasteiger partial charge in [0.2, 0.25) is 5.82 Å². The highest BCUT2D eigenvalue weighted by molar-refractivity contribution is 5.76. The summed E-state index contributed by atoms with van der Waals surface area (Å²) >= 11 is 0. The molecule has 0 spiro atoms. The van der Waals surface area contributed by atoms with Gasteiger partial charge in [0.15, 0.2) is 0 Å². The number of rotatable bonds is 5. The zero-order valence-electron chi connectivity index (χ0n) is 10.6. The van der Waals surface area contributed by atoms with Gasteiger partial charge in [0.05, 0.1) is 15.9 Å². The molecule has 1 aromatic carbocycles. The lowest BCUT2D eigenvalue weighted by Crippen LogP contribution is -1.99. The average Bonchev–Trinajstić information content (AvgIpc) is 3.02. The molecule has 1 heterocycles. The van der Waals surface area contributed by atoms with E-state index in [1.807, 2.05) is 0 Å². The van der Waals surface area contributed by atoms with Crippen molar-refractivity contribution in [2.45, 2.75) is 0 Å². The smallest absolute Gasteiger partial charge is 0.299 e. The van der Waals surface area contributed by atoms with Crippen molar-refractivity contribution >= 4 is 22.6 Å². The molecule has 22 heavy (non-hydrogen) atoms. The van der Waals surface area contributed by atoms with Crippen molar-refractivity contribution in [2.24, 2.45) is 0 Å². The number of H-pyrrole nitrogens is 1. The predicted molar refractivity (Wildman–Crippen MR) is 71.1 cm³/mol. The molecule has 0 saturated heterocycles. The molecule has 0 radical (unpaired) electrons. The standard InChI is InChI=1S/C10H6N8O4/c11-4-6(10-13-15-16-14-10)5-12-8-2-1-7(17(19)20)3-9(8)18(21)22/h1-3,5,12H,(H,13,14,15,16). The van der Waals surface area contributed by atoms with E-state index >= 15 is 0 Å². The van der Waals surface area contributed by atoms with Crippen molar-refractivity contribution in [1.29, 1.82) is 5.26 Å². The van der Waals surface area contributed by atoms with Crippen LogP contribution in [0.2, 0.25) is 0 Å². The Morgan fingerprint density at radius 2 is 2.14 bits per heavy atom. The maximum absolute atomic E-state index is 11.0. The van der Waals surface area contributed by atoms with Gasteiger partial charge in [-0.3, -0.25) is 20.2 Å². The van der Waals surface area contributed by atoms with E-state index < -0.39 is 21.2 Å². The highest BCUT2D eigenvalue weighted by Crippen LogP contribution is 2.29. The van der Waals surface area contributed by atoms with Gasteiger partial charge in [-0.2, -0.15) is 10.5 Å². The molecule has 0 aliphatic rings. The molecule has 2 rings (SSSR count). The molecule has 0 unspecified atom stereocenters. The summed E-state index contributed by atoms with van der Waals surface area (Å²) < 4.78 is 0. The van der Waals surface area contributed by atoms with Crippen LogP contribution in [0, 0.1) is 31.6 Å². The first-order valence-electron chi connectivity index (χ1n) is 5.56. The molecule has 12 heteroatoms. The molecule has 0 fully saturated rings. The number of nitriles is 1. The van der Waals surface area contributed by atoms with E-state index in [0.717, 1.165) is 24.4 Å². The largest absolute Gasteiger partial charge is 0.355 e. The van der Waals surface area contributed by atoms with E-state index in [-0.39, 0.29) is 17.1 Å². The molecule has 0 amide bonds. The number of hydrogen-bond acceptors (Lipinski definition) is 9. The quantitative estimate of drug-likeness (QED) is 0.463. The number of anilines is 1. The van der Waals surface area contributed by atoms with Crippen molar-refractivity contribution in [3.8, 4) is 6.07 Å². The molecule has 0 aliphatic carbocycles. The van der Waals surface area contributed by atoms with Gasteiger partial charge in [-0.05, 0) is 11.3 Å². The maximum Gasteiger partial charge on any atom is 0.299 e. The minimum absolute atomic E-state index is 0.000403. The highest BCUT2D eigenvalue weighted by atomic mass is 16.6. The minimum atomic E-state index is -0.774. The molecule has 0 saturated carbocycles. The first-order valence-corrected chi connectivity index (χ1v) is 5.56. The van der Waals surface area contributed by atoms with Crippen LogP contribution in [0.15, 0.2) is 24.4 Å². The SMILES string of the molecule is N#CC(=CNc1ccc([N+](=O)[O-])cc1[N+](=O)[O-])c1nn[nH]n1. The third-order valence-electron chi connectivity index (χ3n) is 2.47. The third-order valence-corrected chi connectivity index (χ3v) is 2.47. The van der Waals surface area contributed by atoms with Gasteiger partial charge < -0.3 is 5.32 Å². The number of non-ortho nitro benzene ring substituents is 1. The van der Waals surface area contributed by atoms with Crippen molar-refractivity contribution in [3.63, 3.8) is 0 Å². The molecule has 12 nitrogen and oxygen atoms in total. The molecule has 1 aromatic heterocycles. The van der Waals surface area contributed by atoms with Gasteiger partial charge >= 0.3 is 0 Å². The van der Waals surface area contributed by atoms with Crippen LogP contribution >= 0.6 is 0 Å². The second kappa shape index (κ2) is 6.05. The second-order valence-electron chi connectivity index (χ2n) is 3.77. The number of tetrazole rings is 1. The molecular formula is C10H6N8O4.